The zero-order valence-electron chi connectivity index (χ0n) is 19.8. The van der Waals surface area contributed by atoms with Gasteiger partial charge in [0.25, 0.3) is 5.91 Å². The largest absolute Gasteiger partial charge is 0.508 e. The Kier molecular flexibility index (Phi) is 6.93. The summed E-state index contributed by atoms with van der Waals surface area (Å²) < 4.78 is 5.29. The summed E-state index contributed by atoms with van der Waals surface area (Å²) in [4.78, 5) is 40.3. The maximum absolute atomic E-state index is 13.5. The van der Waals surface area contributed by atoms with Gasteiger partial charge in [-0.25, -0.2) is 0 Å². The van der Waals surface area contributed by atoms with Gasteiger partial charge in [0.05, 0.1) is 6.61 Å². The van der Waals surface area contributed by atoms with E-state index in [-0.39, 0.29) is 48.4 Å². The van der Waals surface area contributed by atoms with Gasteiger partial charge < -0.3 is 20.1 Å². The maximum atomic E-state index is 13.5. The number of aromatic hydroxyl groups is 1. The van der Waals surface area contributed by atoms with Gasteiger partial charge in [-0.1, -0.05) is 45.0 Å². The van der Waals surface area contributed by atoms with Crippen molar-refractivity contribution in [1.29, 1.82) is 0 Å². The van der Waals surface area contributed by atoms with Crippen LogP contribution in [-0.2, 0) is 26.2 Å². The van der Waals surface area contributed by atoms with E-state index >= 15 is 0 Å². The molecule has 2 atom stereocenters. The molecule has 7 nitrogen and oxygen atoms in total. The Morgan fingerprint density at radius 1 is 1.12 bits per heavy atom. The van der Waals surface area contributed by atoms with Crippen LogP contribution in [0.15, 0.2) is 48.5 Å². The first kappa shape index (κ1) is 24.5. The summed E-state index contributed by atoms with van der Waals surface area (Å²) in [6, 6.07) is 12.9. The van der Waals surface area contributed by atoms with Crippen LogP contribution in [0.4, 0.5) is 0 Å². The van der Waals surface area contributed by atoms with Gasteiger partial charge in [-0.2, -0.15) is 0 Å². The highest BCUT2D eigenvalue weighted by Crippen LogP contribution is 2.24. The lowest BCUT2D eigenvalue weighted by molar-refractivity contribution is -0.142. The first-order chi connectivity index (χ1) is 15.4. The maximum Gasteiger partial charge on any atom is 0.251 e. The smallest absolute Gasteiger partial charge is 0.251 e. The molecule has 0 aromatic heterocycles. The lowest BCUT2D eigenvalue weighted by atomic mass is 9.86. The minimum Gasteiger partial charge on any atom is -0.508 e. The van der Waals surface area contributed by atoms with E-state index < -0.39 is 11.6 Å². The van der Waals surface area contributed by atoms with E-state index in [1.807, 2.05) is 12.1 Å². The number of Topliss-reactive ketones (excluding diaryl/α,β-unsaturated/α-hetero) is 1. The number of ether oxygens (including phenoxy) is 1. The van der Waals surface area contributed by atoms with Crippen LogP contribution in [0, 0.1) is 0 Å². The zero-order chi connectivity index (χ0) is 24.4. The van der Waals surface area contributed by atoms with E-state index in [4.69, 9.17) is 4.74 Å². The fourth-order valence-corrected chi connectivity index (χ4v) is 3.77. The molecule has 0 radical (unpaired) electrons. The third-order valence-corrected chi connectivity index (χ3v) is 6.28. The number of nitrogens with one attached hydrogen (secondary N) is 1. The average Bonchev–Trinajstić information content (AvgIpc) is 3.12. The second-order valence-electron chi connectivity index (χ2n) is 9.81. The summed E-state index contributed by atoms with van der Waals surface area (Å²) in [5.41, 5.74) is 1.19. The van der Waals surface area contributed by atoms with Crippen molar-refractivity contribution in [3.05, 3.63) is 65.2 Å². The second-order valence-corrected chi connectivity index (χ2v) is 9.81. The molecular formula is C26H32N2O5. The van der Waals surface area contributed by atoms with Crippen LogP contribution < -0.4 is 5.32 Å². The molecule has 2 N–H and O–H groups in total. The molecule has 1 saturated heterocycles. The number of hydrogen-bond donors (Lipinski definition) is 2. The Balaban J connectivity index is 1.84. The fourth-order valence-electron chi connectivity index (χ4n) is 3.77. The molecule has 0 aliphatic carbocycles. The van der Waals surface area contributed by atoms with Crippen molar-refractivity contribution in [2.45, 2.75) is 51.1 Å². The summed E-state index contributed by atoms with van der Waals surface area (Å²) in [5.74, 6) is -0.821. The third kappa shape index (κ3) is 5.42. The molecule has 7 heteroatoms. The lowest BCUT2D eigenvalue weighted by Crippen LogP contribution is -2.58. The molecule has 1 fully saturated rings. The van der Waals surface area contributed by atoms with Crippen LogP contribution >= 0.6 is 0 Å². The highest BCUT2D eigenvalue weighted by atomic mass is 16.5. The molecule has 0 bridgehead atoms. The lowest BCUT2D eigenvalue weighted by Gasteiger charge is -2.35. The third-order valence-electron chi connectivity index (χ3n) is 6.28. The zero-order valence-corrected chi connectivity index (χ0v) is 19.8. The SMILES string of the molecule is CN(C(=O)C(Cc1ccc(O)cc1)NC(=O)c1ccc(C(C)(C)C)cc1)C1(C)COCC1=O. The molecule has 33 heavy (non-hydrogen) atoms. The Labute approximate surface area is 194 Å². The summed E-state index contributed by atoms with van der Waals surface area (Å²) in [7, 11) is 1.56. The van der Waals surface area contributed by atoms with Gasteiger partial charge in [-0.3, -0.25) is 14.4 Å². The van der Waals surface area contributed by atoms with Gasteiger partial charge >= 0.3 is 0 Å². The number of nitrogens with zero attached hydrogens (tertiary/aromatic N) is 1. The standard InChI is InChI=1S/C26H32N2O5/c1-25(2,3)19-10-8-18(9-11-19)23(31)27-21(14-17-6-12-20(29)13-7-17)24(32)28(5)26(4)16-33-15-22(26)30/h6-13,21,29H,14-16H2,1-5H3,(H,27,31). The number of hydrogen-bond acceptors (Lipinski definition) is 5. The van der Waals surface area contributed by atoms with Crippen molar-refractivity contribution >= 4 is 17.6 Å². The molecule has 2 unspecified atom stereocenters. The second kappa shape index (κ2) is 9.35. The van der Waals surface area contributed by atoms with E-state index in [0.29, 0.717) is 5.56 Å². The Morgan fingerprint density at radius 2 is 1.73 bits per heavy atom. The molecule has 2 aromatic rings. The number of rotatable bonds is 6. The van der Waals surface area contributed by atoms with Crippen LogP contribution in [0.25, 0.3) is 0 Å². The van der Waals surface area contributed by atoms with Gasteiger partial charge in [0.2, 0.25) is 5.91 Å². The molecule has 0 spiro atoms. The molecule has 3 rings (SSSR count). The minimum atomic E-state index is -1.08. The van der Waals surface area contributed by atoms with Crippen LogP contribution in [0.1, 0.15) is 49.2 Å². The predicted octanol–water partition coefficient (Wildman–Crippen LogP) is 2.85. The first-order valence-electron chi connectivity index (χ1n) is 11.0. The number of phenolic OH excluding ortho intramolecular Hbond substituents is 1. The number of amides is 2. The van der Waals surface area contributed by atoms with Gasteiger partial charge in [0, 0.05) is 19.0 Å². The Hall–Kier alpha value is -3.19. The molecule has 1 heterocycles. The molecular weight excluding hydrogens is 420 g/mol. The predicted molar refractivity (Wildman–Crippen MR) is 125 cm³/mol. The van der Waals surface area contributed by atoms with E-state index in [1.54, 1.807) is 38.2 Å². The van der Waals surface area contributed by atoms with E-state index in [2.05, 4.69) is 26.1 Å². The first-order valence-corrected chi connectivity index (χ1v) is 11.0. The fraction of sp³-hybridized carbons (Fsp3) is 0.423. The quantitative estimate of drug-likeness (QED) is 0.703. The van der Waals surface area contributed by atoms with Crippen molar-refractivity contribution in [1.82, 2.24) is 10.2 Å². The van der Waals surface area contributed by atoms with Crippen molar-refractivity contribution in [2.24, 2.45) is 0 Å². The van der Waals surface area contributed by atoms with Gasteiger partial charge in [0.15, 0.2) is 5.78 Å². The number of likely N-dealkylation sites (N-methyl/N-ethyl adjacent to an activating group) is 1. The molecule has 0 saturated carbocycles. The van der Waals surface area contributed by atoms with Crippen molar-refractivity contribution in [2.75, 3.05) is 20.3 Å². The Bertz CT molecular complexity index is 1020. The van der Waals surface area contributed by atoms with E-state index in [1.165, 1.54) is 17.0 Å². The molecule has 2 aromatic carbocycles. The number of phenols is 1. The van der Waals surface area contributed by atoms with Crippen molar-refractivity contribution in [3.8, 4) is 5.75 Å². The average molecular weight is 453 g/mol. The number of carbonyl (C=O) groups is 3. The van der Waals surface area contributed by atoms with Crippen LogP contribution in [0.2, 0.25) is 0 Å². The van der Waals surface area contributed by atoms with Crippen LogP contribution in [0.3, 0.4) is 0 Å². The minimum absolute atomic E-state index is 0.0385. The summed E-state index contributed by atoms with van der Waals surface area (Å²) in [6.45, 7) is 8.03. The molecule has 176 valence electrons. The monoisotopic (exact) mass is 452 g/mol. The Morgan fingerprint density at radius 3 is 2.24 bits per heavy atom. The highest BCUT2D eigenvalue weighted by Gasteiger charge is 2.45. The van der Waals surface area contributed by atoms with Crippen LogP contribution in [0.5, 0.6) is 5.75 Å². The van der Waals surface area contributed by atoms with E-state index in [0.717, 1.165) is 11.1 Å². The van der Waals surface area contributed by atoms with Gasteiger partial charge in [-0.15, -0.1) is 0 Å². The number of ketones is 1. The van der Waals surface area contributed by atoms with Gasteiger partial charge in [-0.05, 0) is 47.7 Å². The molecule has 1 aliphatic heterocycles. The highest BCUT2D eigenvalue weighted by molar-refractivity contribution is 6.00. The van der Waals surface area contributed by atoms with Crippen molar-refractivity contribution < 1.29 is 24.2 Å². The molecule has 2 amide bonds. The topological polar surface area (TPSA) is 95.9 Å². The number of benzene rings is 2. The summed E-state index contributed by atoms with van der Waals surface area (Å²) in [5, 5.41) is 12.4. The van der Waals surface area contributed by atoms with Crippen LogP contribution in [-0.4, -0.2) is 59.4 Å². The van der Waals surface area contributed by atoms with E-state index in [9.17, 15) is 19.5 Å². The normalized spacial score (nSPS) is 19.2. The summed E-state index contributed by atoms with van der Waals surface area (Å²) >= 11 is 0. The van der Waals surface area contributed by atoms with Gasteiger partial charge in [0.1, 0.15) is 23.9 Å². The summed E-state index contributed by atoms with van der Waals surface area (Å²) in [6.07, 6.45) is 0.209. The van der Waals surface area contributed by atoms with Crippen molar-refractivity contribution in [3.63, 3.8) is 0 Å². The number of carbonyl (C=O) groups excluding carboxylic acids is 3. The molecule has 1 aliphatic rings.